The van der Waals surface area contributed by atoms with E-state index >= 15 is 0 Å². The summed E-state index contributed by atoms with van der Waals surface area (Å²) in [5, 5.41) is 24.0. The van der Waals surface area contributed by atoms with Gasteiger partial charge in [0.05, 0.1) is 12.7 Å². The lowest BCUT2D eigenvalue weighted by Crippen LogP contribution is -2.59. The van der Waals surface area contributed by atoms with E-state index < -0.39 is 0 Å². The molecule has 0 saturated carbocycles. The number of nitrogens with one attached hydrogen (secondary N) is 1. The second-order valence-corrected chi connectivity index (χ2v) is 10.4. The Morgan fingerprint density at radius 3 is 2.38 bits per heavy atom. The van der Waals surface area contributed by atoms with Crippen LogP contribution in [0.2, 0.25) is 0 Å². The zero-order chi connectivity index (χ0) is 22.0. The van der Waals surface area contributed by atoms with E-state index in [4.69, 9.17) is 10.5 Å². The second-order valence-electron chi connectivity index (χ2n) is 9.27. The van der Waals surface area contributed by atoms with Gasteiger partial charge in [-0.05, 0) is 31.2 Å². The highest BCUT2D eigenvalue weighted by Crippen LogP contribution is 2.53. The molecule has 10 heteroatoms. The number of aromatic nitrogens is 2. The molecule has 1 spiro atoms. The van der Waals surface area contributed by atoms with Gasteiger partial charge in [-0.25, -0.2) is 0 Å². The minimum absolute atomic E-state index is 0.0895. The van der Waals surface area contributed by atoms with Crippen molar-refractivity contribution in [2.24, 2.45) is 0 Å². The molecule has 2 unspecified atom stereocenters. The first kappa shape index (κ1) is 19.6. The van der Waals surface area contributed by atoms with Crippen LogP contribution in [0.25, 0.3) is 0 Å². The van der Waals surface area contributed by atoms with Crippen LogP contribution in [-0.2, 0) is 11.8 Å². The summed E-state index contributed by atoms with van der Waals surface area (Å²) in [6.45, 7) is 3.09. The van der Waals surface area contributed by atoms with Gasteiger partial charge in [-0.15, -0.1) is 11.3 Å². The number of nitrogens with two attached hydrogens (primary N) is 1. The van der Waals surface area contributed by atoms with E-state index in [9.17, 15) is 10.5 Å². The minimum Gasteiger partial charge on any atom is -0.467 e. The Balaban J connectivity index is 1.35. The van der Waals surface area contributed by atoms with Crippen LogP contribution in [0.4, 0.5) is 16.6 Å². The summed E-state index contributed by atoms with van der Waals surface area (Å²) in [7, 11) is 1.56. The number of aryl methyl sites for hydroxylation is 1. The monoisotopic (exact) mass is 448 g/mol. The van der Waals surface area contributed by atoms with Crippen molar-refractivity contribution in [1.29, 1.82) is 10.5 Å². The van der Waals surface area contributed by atoms with Crippen LogP contribution in [0.15, 0.2) is 0 Å². The van der Waals surface area contributed by atoms with Gasteiger partial charge in [0.15, 0.2) is 11.6 Å². The summed E-state index contributed by atoms with van der Waals surface area (Å²) in [5.74, 6) is 1.29. The predicted octanol–water partition coefficient (Wildman–Crippen LogP) is 1.52. The summed E-state index contributed by atoms with van der Waals surface area (Å²) < 4.78 is 5.43. The van der Waals surface area contributed by atoms with Crippen molar-refractivity contribution in [2.75, 3.05) is 48.8 Å². The third-order valence-corrected chi connectivity index (χ3v) is 8.51. The van der Waals surface area contributed by atoms with Gasteiger partial charge >= 0.3 is 6.01 Å². The highest BCUT2D eigenvalue weighted by molar-refractivity contribution is 7.16. The molecule has 0 aromatic carbocycles. The zero-order valence-electron chi connectivity index (χ0n) is 17.9. The van der Waals surface area contributed by atoms with Crippen LogP contribution in [-0.4, -0.2) is 55.3 Å². The number of hydrogen-bond acceptors (Lipinski definition) is 10. The van der Waals surface area contributed by atoms with Crippen LogP contribution < -0.4 is 25.6 Å². The number of ether oxygens (including phenoxy) is 1. The Hall–Kier alpha value is -3.08. The molecule has 3 aliphatic heterocycles. The van der Waals surface area contributed by atoms with Gasteiger partial charge < -0.3 is 25.6 Å². The van der Waals surface area contributed by atoms with Crippen molar-refractivity contribution in [3.8, 4) is 18.1 Å². The lowest BCUT2D eigenvalue weighted by Gasteiger charge is -2.49. The third kappa shape index (κ3) is 2.70. The SMILES string of the molecule is COc1nc(N2CC3CCC(C2)N3)c(C#N)c(N2CC3(CCc4sc(N)c(C#N)c43)C2)n1. The average molecular weight is 449 g/mol. The Bertz CT molecular complexity index is 1180. The number of hydrogen-bond donors (Lipinski definition) is 2. The van der Waals surface area contributed by atoms with Gasteiger partial charge in [0.25, 0.3) is 0 Å². The maximum absolute atomic E-state index is 10.1. The van der Waals surface area contributed by atoms with Gasteiger partial charge in [-0.1, -0.05) is 0 Å². The number of methoxy groups -OCH3 is 1. The van der Waals surface area contributed by atoms with E-state index in [0.717, 1.165) is 44.3 Å². The number of nitrogens with zero attached hydrogens (tertiary/aromatic N) is 6. The van der Waals surface area contributed by atoms with Crippen LogP contribution in [0.5, 0.6) is 6.01 Å². The molecule has 6 rings (SSSR count). The molecule has 2 aromatic rings. The standard InChI is InChI=1S/C22H24N8OS/c1-31-21-27-19(29-8-12-2-3-13(9-29)26-12)15(7-24)20(28-21)30-10-22(11-30)5-4-16-17(22)14(6-23)18(25)32-16/h12-13,26H,2-5,8-11,25H2,1H3. The summed E-state index contributed by atoms with van der Waals surface area (Å²) in [4.78, 5) is 14.8. The third-order valence-electron chi connectivity index (χ3n) is 7.43. The molecule has 1 aliphatic carbocycles. The summed E-state index contributed by atoms with van der Waals surface area (Å²) in [5.41, 5.74) is 8.29. The highest BCUT2D eigenvalue weighted by atomic mass is 32.1. The maximum Gasteiger partial charge on any atom is 0.320 e. The summed E-state index contributed by atoms with van der Waals surface area (Å²) in [6.07, 6.45) is 4.25. The Kier molecular flexibility index (Phi) is 4.26. The quantitative estimate of drug-likeness (QED) is 0.718. The lowest BCUT2D eigenvalue weighted by molar-refractivity contribution is 0.323. The fourth-order valence-electron chi connectivity index (χ4n) is 6.01. The molecule has 32 heavy (non-hydrogen) atoms. The zero-order valence-corrected chi connectivity index (χ0v) is 18.7. The molecule has 2 atom stereocenters. The van der Waals surface area contributed by atoms with E-state index in [0.29, 0.717) is 52.9 Å². The fraction of sp³-hybridized carbons (Fsp3) is 0.545. The van der Waals surface area contributed by atoms with Crippen LogP contribution in [0, 0.1) is 22.7 Å². The van der Waals surface area contributed by atoms with Gasteiger partial charge in [0, 0.05) is 48.6 Å². The Morgan fingerprint density at radius 1 is 1.09 bits per heavy atom. The predicted molar refractivity (Wildman–Crippen MR) is 121 cm³/mol. The van der Waals surface area contributed by atoms with Crippen molar-refractivity contribution >= 4 is 28.0 Å². The Morgan fingerprint density at radius 2 is 1.75 bits per heavy atom. The van der Waals surface area contributed by atoms with Gasteiger partial charge in [-0.3, -0.25) is 0 Å². The van der Waals surface area contributed by atoms with E-state index in [1.54, 1.807) is 18.4 Å². The number of rotatable bonds is 3. The molecule has 3 saturated heterocycles. The molecule has 0 amide bonds. The Labute approximate surface area is 190 Å². The molecule has 164 valence electrons. The molecule has 3 fully saturated rings. The second kappa shape index (κ2) is 6.96. The number of fused-ring (bicyclic) bond motifs is 4. The van der Waals surface area contributed by atoms with Crippen molar-refractivity contribution < 1.29 is 4.74 Å². The topological polar surface area (TPSA) is 127 Å². The van der Waals surface area contributed by atoms with Crippen molar-refractivity contribution in [3.05, 3.63) is 21.6 Å². The van der Waals surface area contributed by atoms with Crippen molar-refractivity contribution in [1.82, 2.24) is 15.3 Å². The number of nitrogen functional groups attached to an aromatic ring is 1. The highest BCUT2D eigenvalue weighted by Gasteiger charge is 2.52. The van der Waals surface area contributed by atoms with Gasteiger partial charge in [0.2, 0.25) is 0 Å². The first-order valence-corrected chi connectivity index (χ1v) is 11.8. The van der Waals surface area contributed by atoms with Crippen LogP contribution >= 0.6 is 11.3 Å². The lowest BCUT2D eigenvalue weighted by atomic mass is 9.74. The smallest absolute Gasteiger partial charge is 0.320 e. The number of anilines is 3. The molecule has 9 nitrogen and oxygen atoms in total. The maximum atomic E-state index is 10.1. The van der Waals surface area contributed by atoms with E-state index in [1.165, 1.54) is 4.88 Å². The van der Waals surface area contributed by atoms with Crippen molar-refractivity contribution in [3.63, 3.8) is 0 Å². The molecule has 2 bridgehead atoms. The first-order valence-electron chi connectivity index (χ1n) is 11.0. The first-order chi connectivity index (χ1) is 15.5. The average Bonchev–Trinajstić information content (AvgIpc) is 3.42. The summed E-state index contributed by atoms with van der Waals surface area (Å²) >= 11 is 1.54. The molecule has 3 N–H and O–H groups in total. The van der Waals surface area contributed by atoms with E-state index in [-0.39, 0.29) is 11.4 Å². The molecule has 2 aromatic heterocycles. The molecular weight excluding hydrogens is 424 g/mol. The summed E-state index contributed by atoms with van der Waals surface area (Å²) in [6, 6.07) is 5.85. The molecule has 5 heterocycles. The normalized spacial score (nSPS) is 24.7. The van der Waals surface area contributed by atoms with Gasteiger partial charge in [-0.2, -0.15) is 20.5 Å². The van der Waals surface area contributed by atoms with Crippen molar-refractivity contribution in [2.45, 2.75) is 43.2 Å². The number of piperazine rings is 1. The molecule has 0 radical (unpaired) electrons. The fourth-order valence-corrected chi connectivity index (χ4v) is 7.15. The minimum atomic E-state index is -0.0895. The van der Waals surface area contributed by atoms with E-state index in [2.05, 4.69) is 37.2 Å². The van der Waals surface area contributed by atoms with Crippen LogP contribution in [0.3, 0.4) is 0 Å². The van der Waals surface area contributed by atoms with Crippen LogP contribution in [0.1, 0.15) is 40.8 Å². The number of thiophene rings is 1. The molecule has 4 aliphatic rings. The largest absolute Gasteiger partial charge is 0.467 e. The van der Waals surface area contributed by atoms with Gasteiger partial charge in [0.1, 0.15) is 22.7 Å². The number of nitriles is 2. The molecular formula is C22H24N8OS. The van der Waals surface area contributed by atoms with E-state index in [1.807, 2.05) is 0 Å².